The summed E-state index contributed by atoms with van der Waals surface area (Å²) in [6, 6.07) is 0. The van der Waals surface area contributed by atoms with Crippen molar-refractivity contribution in [3.05, 3.63) is 11.6 Å². The number of allylic oxidation sites excluding steroid dienone is 2. The van der Waals surface area contributed by atoms with Crippen LogP contribution in [0.2, 0.25) is 0 Å². The van der Waals surface area contributed by atoms with Crippen molar-refractivity contribution in [3.8, 4) is 0 Å². The SMILES string of the molecule is CC1=C[C@H](C)[C@H](C2N3CCCN2CC3)[C@@H](C)C1. The molecular weight excluding hydrogens is 208 g/mol. The van der Waals surface area contributed by atoms with E-state index in [0.717, 1.165) is 23.9 Å². The zero-order valence-corrected chi connectivity index (χ0v) is 11.5. The quantitative estimate of drug-likeness (QED) is 0.643. The van der Waals surface area contributed by atoms with Crippen LogP contribution in [0, 0.1) is 17.8 Å². The van der Waals surface area contributed by atoms with Gasteiger partial charge in [0.25, 0.3) is 0 Å². The molecule has 17 heavy (non-hydrogen) atoms. The summed E-state index contributed by atoms with van der Waals surface area (Å²) in [6.45, 7) is 12.5. The van der Waals surface area contributed by atoms with E-state index in [1.54, 1.807) is 5.57 Å². The summed E-state index contributed by atoms with van der Waals surface area (Å²) in [6.07, 6.45) is 5.97. The van der Waals surface area contributed by atoms with E-state index in [4.69, 9.17) is 0 Å². The Hall–Kier alpha value is -0.340. The average Bonchev–Trinajstić information content (AvgIpc) is 2.50. The summed E-state index contributed by atoms with van der Waals surface area (Å²) in [7, 11) is 0. The molecule has 0 radical (unpaired) electrons. The zero-order valence-electron chi connectivity index (χ0n) is 11.5. The van der Waals surface area contributed by atoms with Gasteiger partial charge in [-0.2, -0.15) is 0 Å². The normalized spacial score (nSPS) is 50.2. The van der Waals surface area contributed by atoms with Gasteiger partial charge < -0.3 is 0 Å². The van der Waals surface area contributed by atoms with Crippen LogP contribution in [0.5, 0.6) is 0 Å². The molecule has 2 saturated heterocycles. The first-order valence-electron chi connectivity index (χ1n) is 7.32. The first-order chi connectivity index (χ1) is 8.16. The molecule has 0 amide bonds. The molecule has 0 aromatic rings. The van der Waals surface area contributed by atoms with Gasteiger partial charge in [0.2, 0.25) is 0 Å². The topological polar surface area (TPSA) is 6.48 Å². The number of nitrogens with zero attached hydrogens (tertiary/aromatic N) is 2. The van der Waals surface area contributed by atoms with Crippen molar-refractivity contribution in [2.75, 3.05) is 26.2 Å². The highest BCUT2D eigenvalue weighted by atomic mass is 15.4. The molecule has 2 unspecified atom stereocenters. The Morgan fingerprint density at radius 3 is 2.29 bits per heavy atom. The highest BCUT2D eigenvalue weighted by Crippen LogP contribution is 2.40. The number of hydrogen-bond donors (Lipinski definition) is 0. The first-order valence-corrected chi connectivity index (χ1v) is 7.32. The van der Waals surface area contributed by atoms with Gasteiger partial charge in [-0.1, -0.05) is 25.5 Å². The van der Waals surface area contributed by atoms with Crippen LogP contribution in [0.1, 0.15) is 33.6 Å². The Morgan fingerprint density at radius 2 is 1.71 bits per heavy atom. The van der Waals surface area contributed by atoms with E-state index in [1.165, 1.54) is 39.0 Å². The van der Waals surface area contributed by atoms with Crippen LogP contribution < -0.4 is 0 Å². The maximum Gasteiger partial charge on any atom is 0.0660 e. The Labute approximate surface area is 106 Å². The third kappa shape index (κ3) is 1.96. The van der Waals surface area contributed by atoms with Gasteiger partial charge >= 0.3 is 0 Å². The highest BCUT2D eigenvalue weighted by Gasteiger charge is 2.44. The first kappa shape index (κ1) is 11.7. The minimum atomic E-state index is 0.748. The minimum Gasteiger partial charge on any atom is -0.286 e. The van der Waals surface area contributed by atoms with Crippen molar-refractivity contribution in [1.82, 2.24) is 9.80 Å². The molecule has 2 nitrogen and oxygen atoms in total. The molecule has 1 aliphatic carbocycles. The summed E-state index contributed by atoms with van der Waals surface area (Å²) in [4.78, 5) is 5.49. The lowest BCUT2D eigenvalue weighted by molar-refractivity contribution is 0.00332. The third-order valence-corrected chi connectivity index (χ3v) is 5.11. The van der Waals surface area contributed by atoms with Gasteiger partial charge in [0.1, 0.15) is 0 Å². The van der Waals surface area contributed by atoms with Crippen LogP contribution in [-0.2, 0) is 0 Å². The van der Waals surface area contributed by atoms with Crippen molar-refractivity contribution in [2.24, 2.45) is 17.8 Å². The van der Waals surface area contributed by atoms with Crippen LogP contribution in [0.15, 0.2) is 11.6 Å². The lowest BCUT2D eigenvalue weighted by atomic mass is 9.72. The molecule has 0 N–H and O–H groups in total. The fraction of sp³-hybridized carbons (Fsp3) is 0.867. The summed E-state index contributed by atoms with van der Waals surface area (Å²) in [5, 5.41) is 0. The van der Waals surface area contributed by atoms with Crippen LogP contribution >= 0.6 is 0 Å². The molecular formula is C15H26N2. The Morgan fingerprint density at radius 1 is 1.06 bits per heavy atom. The Bertz CT molecular complexity index is 307. The largest absolute Gasteiger partial charge is 0.286 e. The van der Waals surface area contributed by atoms with E-state index in [2.05, 4.69) is 36.6 Å². The van der Waals surface area contributed by atoms with Crippen molar-refractivity contribution >= 4 is 0 Å². The average molecular weight is 234 g/mol. The zero-order chi connectivity index (χ0) is 12.0. The van der Waals surface area contributed by atoms with Gasteiger partial charge in [0.05, 0.1) is 6.17 Å². The molecule has 2 aliphatic heterocycles. The molecule has 3 rings (SSSR count). The van der Waals surface area contributed by atoms with Gasteiger partial charge in [-0.05, 0) is 37.5 Å². The summed E-state index contributed by atoms with van der Waals surface area (Å²) >= 11 is 0. The molecule has 2 fully saturated rings. The van der Waals surface area contributed by atoms with E-state index < -0.39 is 0 Å². The molecule has 0 saturated carbocycles. The van der Waals surface area contributed by atoms with Crippen molar-refractivity contribution < 1.29 is 0 Å². The number of hydrogen-bond acceptors (Lipinski definition) is 2. The lowest BCUT2D eigenvalue weighted by Gasteiger charge is -2.46. The smallest absolute Gasteiger partial charge is 0.0660 e. The van der Waals surface area contributed by atoms with Gasteiger partial charge in [-0.25, -0.2) is 0 Å². The second kappa shape index (κ2) is 4.40. The van der Waals surface area contributed by atoms with Gasteiger partial charge in [-0.15, -0.1) is 0 Å². The number of rotatable bonds is 1. The highest BCUT2D eigenvalue weighted by molar-refractivity contribution is 5.11. The monoisotopic (exact) mass is 234 g/mol. The maximum atomic E-state index is 2.75. The van der Waals surface area contributed by atoms with Crippen molar-refractivity contribution in [2.45, 2.75) is 39.8 Å². The van der Waals surface area contributed by atoms with Gasteiger partial charge in [0, 0.05) is 26.2 Å². The lowest BCUT2D eigenvalue weighted by Crippen LogP contribution is -2.53. The molecule has 3 aliphatic rings. The molecule has 2 heterocycles. The fourth-order valence-electron chi connectivity index (χ4n) is 4.56. The van der Waals surface area contributed by atoms with E-state index in [1.807, 2.05) is 0 Å². The summed E-state index contributed by atoms with van der Waals surface area (Å²) < 4.78 is 0. The van der Waals surface area contributed by atoms with E-state index in [-0.39, 0.29) is 0 Å². The summed E-state index contributed by atoms with van der Waals surface area (Å²) in [5.41, 5.74) is 1.61. The third-order valence-electron chi connectivity index (χ3n) is 5.11. The van der Waals surface area contributed by atoms with Gasteiger partial charge in [0.15, 0.2) is 0 Å². The number of fused-ring (bicyclic) bond motifs is 2. The van der Waals surface area contributed by atoms with Crippen LogP contribution in [0.25, 0.3) is 0 Å². The molecule has 5 atom stereocenters. The Kier molecular flexibility index (Phi) is 3.04. The molecule has 0 aromatic heterocycles. The molecule has 0 spiro atoms. The van der Waals surface area contributed by atoms with E-state index in [0.29, 0.717) is 0 Å². The molecule has 2 bridgehead atoms. The Balaban J connectivity index is 1.84. The van der Waals surface area contributed by atoms with Crippen LogP contribution in [0.4, 0.5) is 0 Å². The maximum absolute atomic E-state index is 2.75. The van der Waals surface area contributed by atoms with E-state index >= 15 is 0 Å². The van der Waals surface area contributed by atoms with Gasteiger partial charge in [-0.3, -0.25) is 9.80 Å². The van der Waals surface area contributed by atoms with Crippen molar-refractivity contribution in [1.29, 1.82) is 0 Å². The standard InChI is InChI=1S/C15H26N2/c1-11-9-12(2)14(13(3)10-11)15-16-5-4-6-17(15)8-7-16/h9,12-15H,4-8,10H2,1-3H3/t12-,13-,14-/m0/s1. The van der Waals surface area contributed by atoms with Crippen molar-refractivity contribution in [3.63, 3.8) is 0 Å². The minimum absolute atomic E-state index is 0.748. The predicted molar refractivity (Wildman–Crippen MR) is 71.7 cm³/mol. The molecule has 2 heteroatoms. The molecule has 0 aromatic carbocycles. The van der Waals surface area contributed by atoms with Crippen LogP contribution in [-0.4, -0.2) is 42.1 Å². The van der Waals surface area contributed by atoms with E-state index in [9.17, 15) is 0 Å². The fourth-order valence-corrected chi connectivity index (χ4v) is 4.56. The predicted octanol–water partition coefficient (Wildman–Crippen LogP) is 2.57. The van der Waals surface area contributed by atoms with Crippen LogP contribution in [0.3, 0.4) is 0 Å². The summed E-state index contributed by atoms with van der Waals surface area (Å²) in [5.74, 6) is 2.45. The second-order valence-electron chi connectivity index (χ2n) is 6.47. The second-order valence-corrected chi connectivity index (χ2v) is 6.47. The molecule has 96 valence electrons.